The van der Waals surface area contributed by atoms with E-state index < -0.39 is 5.54 Å². The molecule has 2 saturated heterocycles. The van der Waals surface area contributed by atoms with Crippen LogP contribution in [0.1, 0.15) is 37.3 Å². The third-order valence-corrected chi connectivity index (χ3v) is 7.06. The molecular weight excluding hydrogens is 446 g/mol. The first-order valence-electron chi connectivity index (χ1n) is 12.2. The first kappa shape index (κ1) is 24.9. The number of hydrogen-bond donors (Lipinski definition) is 0. The smallest absolute Gasteiger partial charge is 0.327 e. The van der Waals surface area contributed by atoms with Crippen molar-refractivity contribution in [2.45, 2.75) is 44.8 Å². The number of methoxy groups -OCH3 is 2. The molecule has 2 aromatic rings. The van der Waals surface area contributed by atoms with Crippen LogP contribution in [0.4, 0.5) is 4.79 Å². The zero-order chi connectivity index (χ0) is 25.0. The molecule has 8 heteroatoms. The van der Waals surface area contributed by atoms with Gasteiger partial charge in [-0.1, -0.05) is 25.1 Å². The van der Waals surface area contributed by atoms with Crippen molar-refractivity contribution >= 4 is 11.9 Å². The van der Waals surface area contributed by atoms with Crippen molar-refractivity contribution < 1.29 is 23.8 Å². The van der Waals surface area contributed by atoms with Gasteiger partial charge in [0.05, 0.1) is 27.4 Å². The van der Waals surface area contributed by atoms with Crippen molar-refractivity contribution in [2.75, 3.05) is 41.0 Å². The zero-order valence-corrected chi connectivity index (χ0v) is 21.1. The molecule has 0 N–H and O–H groups in total. The lowest BCUT2D eigenvalue weighted by atomic mass is 9.86. The molecular formula is C27H35N3O5. The molecule has 0 unspecified atom stereocenters. The van der Waals surface area contributed by atoms with Gasteiger partial charge < -0.3 is 19.1 Å². The average molecular weight is 482 g/mol. The predicted octanol–water partition coefficient (Wildman–Crippen LogP) is 3.92. The minimum atomic E-state index is -0.776. The molecule has 0 atom stereocenters. The van der Waals surface area contributed by atoms with Crippen LogP contribution in [-0.2, 0) is 17.9 Å². The third-order valence-electron chi connectivity index (χ3n) is 7.06. The number of carbonyl (C=O) groups is 2. The van der Waals surface area contributed by atoms with Crippen molar-refractivity contribution in [1.29, 1.82) is 0 Å². The summed E-state index contributed by atoms with van der Waals surface area (Å²) in [6.07, 6.45) is 2.15. The summed E-state index contributed by atoms with van der Waals surface area (Å²) in [7, 11) is 5.01. The lowest BCUT2D eigenvalue weighted by Crippen LogP contribution is -2.55. The molecule has 35 heavy (non-hydrogen) atoms. The lowest BCUT2D eigenvalue weighted by Gasteiger charge is -2.40. The second-order valence-corrected chi connectivity index (χ2v) is 9.23. The Morgan fingerprint density at radius 2 is 1.66 bits per heavy atom. The van der Waals surface area contributed by atoms with Gasteiger partial charge in [-0.05, 0) is 54.7 Å². The quantitative estimate of drug-likeness (QED) is 0.506. The van der Waals surface area contributed by atoms with E-state index in [4.69, 9.17) is 14.2 Å². The Hall–Kier alpha value is -3.26. The van der Waals surface area contributed by atoms with E-state index in [2.05, 4.69) is 17.9 Å². The number of ether oxygens (including phenoxy) is 3. The van der Waals surface area contributed by atoms with E-state index >= 15 is 0 Å². The van der Waals surface area contributed by atoms with Crippen LogP contribution in [0.2, 0.25) is 0 Å². The monoisotopic (exact) mass is 481 g/mol. The number of imide groups is 1. The van der Waals surface area contributed by atoms with E-state index in [0.29, 0.717) is 25.2 Å². The summed E-state index contributed by atoms with van der Waals surface area (Å²) in [5.41, 5.74) is 1.22. The van der Waals surface area contributed by atoms with Crippen molar-refractivity contribution in [3.8, 4) is 17.2 Å². The fourth-order valence-electron chi connectivity index (χ4n) is 4.97. The Morgan fingerprint density at radius 1 is 0.914 bits per heavy atom. The summed E-state index contributed by atoms with van der Waals surface area (Å²) in [5.74, 6) is 2.09. The number of urea groups is 1. The molecule has 0 saturated carbocycles. The van der Waals surface area contributed by atoms with Gasteiger partial charge in [0.1, 0.15) is 11.3 Å². The van der Waals surface area contributed by atoms with Crippen molar-refractivity contribution in [1.82, 2.24) is 14.7 Å². The van der Waals surface area contributed by atoms with Crippen LogP contribution in [-0.4, -0.2) is 73.1 Å². The first-order chi connectivity index (χ1) is 16.9. The Morgan fingerprint density at radius 3 is 2.34 bits per heavy atom. The molecule has 8 nitrogen and oxygen atoms in total. The maximum atomic E-state index is 13.5. The molecule has 4 rings (SSSR count). The second-order valence-electron chi connectivity index (χ2n) is 9.23. The Kier molecular flexibility index (Phi) is 7.50. The number of rotatable bonds is 9. The molecule has 2 aliphatic rings. The molecule has 1 spiro atoms. The van der Waals surface area contributed by atoms with Gasteiger partial charge in [0, 0.05) is 26.7 Å². The van der Waals surface area contributed by atoms with Gasteiger partial charge in [-0.2, -0.15) is 0 Å². The number of amides is 3. The molecule has 2 aromatic carbocycles. The Bertz CT molecular complexity index is 1060. The molecule has 2 heterocycles. The fourth-order valence-corrected chi connectivity index (χ4v) is 4.97. The van der Waals surface area contributed by atoms with Gasteiger partial charge in [0.2, 0.25) is 0 Å². The maximum absolute atomic E-state index is 13.5. The molecule has 0 aliphatic carbocycles. The SMILES string of the molecule is CCCOc1ccc(CN2CCC3(CC2)C(=O)N(Cc2cccc(OC)c2)C(=O)N3C)cc1OC. The summed E-state index contributed by atoms with van der Waals surface area (Å²) in [6, 6.07) is 13.3. The summed E-state index contributed by atoms with van der Waals surface area (Å²) in [5, 5.41) is 0. The number of nitrogens with zero attached hydrogens (tertiary/aromatic N) is 3. The van der Waals surface area contributed by atoms with E-state index in [1.165, 1.54) is 4.90 Å². The fraction of sp³-hybridized carbons (Fsp3) is 0.481. The Labute approximate surface area is 207 Å². The van der Waals surface area contributed by atoms with Crippen LogP contribution in [0.3, 0.4) is 0 Å². The Balaban J connectivity index is 1.41. The van der Waals surface area contributed by atoms with Crippen LogP contribution >= 0.6 is 0 Å². The maximum Gasteiger partial charge on any atom is 0.327 e. The van der Waals surface area contributed by atoms with Crippen LogP contribution in [0.15, 0.2) is 42.5 Å². The van der Waals surface area contributed by atoms with E-state index in [1.54, 1.807) is 26.2 Å². The van der Waals surface area contributed by atoms with Crippen LogP contribution < -0.4 is 14.2 Å². The number of hydrogen-bond acceptors (Lipinski definition) is 6. The summed E-state index contributed by atoms with van der Waals surface area (Å²) in [4.78, 5) is 31.9. The highest BCUT2D eigenvalue weighted by molar-refractivity contribution is 6.06. The summed E-state index contributed by atoms with van der Waals surface area (Å²) >= 11 is 0. The van der Waals surface area contributed by atoms with Gasteiger partial charge in [0.15, 0.2) is 11.5 Å². The molecule has 188 valence electrons. The van der Waals surface area contributed by atoms with Gasteiger partial charge in [-0.25, -0.2) is 4.79 Å². The second kappa shape index (κ2) is 10.6. The number of likely N-dealkylation sites (N-methyl/N-ethyl adjacent to an activating group) is 1. The van der Waals surface area contributed by atoms with Gasteiger partial charge in [-0.3, -0.25) is 14.6 Å². The third kappa shape index (κ3) is 4.93. The molecule has 0 radical (unpaired) electrons. The van der Waals surface area contributed by atoms with E-state index in [-0.39, 0.29) is 18.5 Å². The van der Waals surface area contributed by atoms with Gasteiger partial charge in [-0.15, -0.1) is 0 Å². The number of carbonyl (C=O) groups excluding carboxylic acids is 2. The minimum absolute atomic E-state index is 0.105. The summed E-state index contributed by atoms with van der Waals surface area (Å²) in [6.45, 7) is 5.18. The topological polar surface area (TPSA) is 71.6 Å². The molecule has 0 aromatic heterocycles. The van der Waals surface area contributed by atoms with Crippen molar-refractivity contribution in [3.63, 3.8) is 0 Å². The highest BCUT2D eigenvalue weighted by atomic mass is 16.5. The molecule has 2 fully saturated rings. The van der Waals surface area contributed by atoms with Crippen LogP contribution in [0.25, 0.3) is 0 Å². The van der Waals surface area contributed by atoms with E-state index in [1.807, 2.05) is 36.4 Å². The van der Waals surface area contributed by atoms with Crippen molar-refractivity contribution in [3.05, 3.63) is 53.6 Å². The van der Waals surface area contributed by atoms with Crippen LogP contribution in [0.5, 0.6) is 17.2 Å². The van der Waals surface area contributed by atoms with E-state index in [9.17, 15) is 9.59 Å². The largest absolute Gasteiger partial charge is 0.497 e. The summed E-state index contributed by atoms with van der Waals surface area (Å²) < 4.78 is 16.6. The normalized spacial score (nSPS) is 17.8. The van der Waals surface area contributed by atoms with E-state index in [0.717, 1.165) is 48.7 Å². The first-order valence-corrected chi connectivity index (χ1v) is 12.2. The number of likely N-dealkylation sites (tertiary alicyclic amines) is 1. The molecule has 2 aliphatic heterocycles. The zero-order valence-electron chi connectivity index (χ0n) is 21.1. The minimum Gasteiger partial charge on any atom is -0.497 e. The molecule has 3 amide bonds. The number of piperidine rings is 1. The van der Waals surface area contributed by atoms with Gasteiger partial charge in [0.25, 0.3) is 5.91 Å². The predicted molar refractivity (Wildman–Crippen MR) is 133 cm³/mol. The highest BCUT2D eigenvalue weighted by Gasteiger charge is 2.56. The molecule has 0 bridgehead atoms. The average Bonchev–Trinajstić information content (AvgIpc) is 3.05. The standard InChI is InChI=1S/C27H35N3O5/c1-5-15-35-23-10-9-21(17-24(23)34-4)18-29-13-11-27(12-14-29)25(31)30(26(32)28(27)2)19-20-7-6-8-22(16-20)33-3/h6-10,16-17H,5,11-15,18-19H2,1-4H3. The number of benzene rings is 2. The van der Waals surface area contributed by atoms with Crippen molar-refractivity contribution in [2.24, 2.45) is 0 Å². The lowest BCUT2D eigenvalue weighted by molar-refractivity contribution is -0.135. The van der Waals surface area contributed by atoms with Gasteiger partial charge >= 0.3 is 6.03 Å². The van der Waals surface area contributed by atoms with Crippen LogP contribution in [0, 0.1) is 0 Å². The highest BCUT2D eigenvalue weighted by Crippen LogP contribution is 2.38.